The van der Waals surface area contributed by atoms with E-state index in [1.54, 1.807) is 43.3 Å². The molecule has 0 radical (unpaired) electrons. The van der Waals surface area contributed by atoms with Gasteiger partial charge in [-0.2, -0.15) is 0 Å². The number of pyridine rings is 1. The number of carbonyl (C=O) groups is 1. The van der Waals surface area contributed by atoms with Gasteiger partial charge in [-0.15, -0.1) is 0 Å². The van der Waals surface area contributed by atoms with Gasteiger partial charge in [0.2, 0.25) is 0 Å². The predicted molar refractivity (Wildman–Crippen MR) is 82.3 cm³/mol. The number of aromatic nitrogens is 1. The van der Waals surface area contributed by atoms with E-state index < -0.39 is 12.1 Å². The molecule has 1 amide bonds. The highest BCUT2D eigenvalue weighted by atomic mass is 35.5. The van der Waals surface area contributed by atoms with Crippen molar-refractivity contribution in [1.82, 2.24) is 10.3 Å². The molecule has 0 fully saturated rings. The lowest BCUT2D eigenvalue weighted by atomic mass is 10.0. The van der Waals surface area contributed by atoms with Crippen molar-refractivity contribution in [2.24, 2.45) is 0 Å². The minimum Gasteiger partial charge on any atom is -0.386 e. The Bertz CT molecular complexity index is 611. The third kappa shape index (κ3) is 4.03. The molecule has 4 nitrogen and oxygen atoms in total. The molecule has 21 heavy (non-hydrogen) atoms. The van der Waals surface area contributed by atoms with Crippen molar-refractivity contribution < 1.29 is 9.90 Å². The van der Waals surface area contributed by atoms with Gasteiger partial charge in [0, 0.05) is 16.9 Å². The number of hydrogen-bond acceptors (Lipinski definition) is 3. The van der Waals surface area contributed by atoms with Crippen molar-refractivity contribution in [3.05, 3.63) is 64.4 Å². The summed E-state index contributed by atoms with van der Waals surface area (Å²) in [7, 11) is 0. The Hall–Kier alpha value is -1.91. The number of aryl methyl sites for hydroxylation is 1. The fourth-order valence-corrected chi connectivity index (χ4v) is 2.05. The molecule has 2 aromatic rings. The molecule has 2 atom stereocenters. The van der Waals surface area contributed by atoms with Crippen LogP contribution >= 0.6 is 11.6 Å². The highest BCUT2D eigenvalue weighted by Gasteiger charge is 2.19. The summed E-state index contributed by atoms with van der Waals surface area (Å²) in [5, 5.41) is 13.6. The van der Waals surface area contributed by atoms with E-state index in [-0.39, 0.29) is 5.91 Å². The summed E-state index contributed by atoms with van der Waals surface area (Å²) in [6.45, 7) is 3.60. The number of carbonyl (C=O) groups excluding carboxylic acids is 1. The highest BCUT2D eigenvalue weighted by Crippen LogP contribution is 2.19. The molecule has 0 bridgehead atoms. The summed E-state index contributed by atoms with van der Waals surface area (Å²) in [4.78, 5) is 16.2. The zero-order valence-electron chi connectivity index (χ0n) is 11.9. The number of amides is 1. The van der Waals surface area contributed by atoms with Gasteiger partial charge >= 0.3 is 0 Å². The van der Waals surface area contributed by atoms with Gasteiger partial charge in [-0.3, -0.25) is 9.78 Å². The fraction of sp³-hybridized carbons (Fsp3) is 0.250. The molecule has 2 N–H and O–H groups in total. The van der Waals surface area contributed by atoms with Crippen LogP contribution in [-0.4, -0.2) is 22.0 Å². The molecule has 110 valence electrons. The molecule has 0 aliphatic heterocycles. The first-order valence-corrected chi connectivity index (χ1v) is 7.02. The molecule has 1 aromatic carbocycles. The maximum absolute atomic E-state index is 12.1. The van der Waals surface area contributed by atoms with E-state index in [9.17, 15) is 9.90 Å². The van der Waals surface area contributed by atoms with Crippen LogP contribution in [0.5, 0.6) is 0 Å². The van der Waals surface area contributed by atoms with E-state index in [1.807, 2.05) is 6.92 Å². The monoisotopic (exact) mass is 304 g/mol. The Labute approximate surface area is 128 Å². The van der Waals surface area contributed by atoms with Crippen molar-refractivity contribution in [3.8, 4) is 0 Å². The molecule has 0 saturated heterocycles. The summed E-state index contributed by atoms with van der Waals surface area (Å²) >= 11 is 5.81. The summed E-state index contributed by atoms with van der Waals surface area (Å²) < 4.78 is 0. The second kappa shape index (κ2) is 6.70. The maximum atomic E-state index is 12.1. The van der Waals surface area contributed by atoms with Gasteiger partial charge in [-0.05, 0) is 43.7 Å². The average molecular weight is 305 g/mol. The zero-order chi connectivity index (χ0) is 15.4. The molecule has 0 aliphatic carbocycles. The van der Waals surface area contributed by atoms with Gasteiger partial charge in [-0.25, -0.2) is 0 Å². The van der Waals surface area contributed by atoms with E-state index in [2.05, 4.69) is 10.3 Å². The SMILES string of the molecule is Cc1ccc(C(=O)NC(C)C(O)c2ccc(Cl)cc2)cn1. The minimum absolute atomic E-state index is 0.261. The Kier molecular flexibility index (Phi) is 4.94. The molecular formula is C16H17ClN2O2. The highest BCUT2D eigenvalue weighted by molar-refractivity contribution is 6.30. The van der Waals surface area contributed by atoms with Crippen LogP contribution in [0.15, 0.2) is 42.6 Å². The van der Waals surface area contributed by atoms with Crippen molar-refractivity contribution in [2.75, 3.05) is 0 Å². The average Bonchev–Trinajstić information content (AvgIpc) is 2.47. The van der Waals surface area contributed by atoms with E-state index in [0.717, 1.165) is 5.69 Å². The number of nitrogens with zero attached hydrogens (tertiary/aromatic N) is 1. The molecule has 1 aromatic heterocycles. The first kappa shape index (κ1) is 15.5. The Morgan fingerprint density at radius 3 is 2.48 bits per heavy atom. The fourth-order valence-electron chi connectivity index (χ4n) is 1.92. The minimum atomic E-state index is -0.801. The topological polar surface area (TPSA) is 62.2 Å². The van der Waals surface area contributed by atoms with E-state index in [4.69, 9.17) is 11.6 Å². The molecule has 0 aliphatic rings. The third-order valence-corrected chi connectivity index (χ3v) is 3.47. The number of halogens is 1. The number of hydrogen-bond donors (Lipinski definition) is 2. The molecule has 2 unspecified atom stereocenters. The number of rotatable bonds is 4. The normalized spacial score (nSPS) is 13.5. The molecular weight excluding hydrogens is 288 g/mol. The molecule has 0 spiro atoms. The molecule has 5 heteroatoms. The summed E-state index contributed by atoms with van der Waals surface area (Å²) in [6.07, 6.45) is 0.719. The van der Waals surface area contributed by atoms with Gasteiger partial charge in [0.25, 0.3) is 5.91 Å². The van der Waals surface area contributed by atoms with Crippen LogP contribution in [0.1, 0.15) is 34.6 Å². The van der Waals surface area contributed by atoms with Crippen LogP contribution < -0.4 is 5.32 Å². The number of nitrogens with one attached hydrogen (secondary N) is 1. The summed E-state index contributed by atoms with van der Waals surface area (Å²) in [5.74, 6) is -0.261. The Morgan fingerprint density at radius 1 is 1.24 bits per heavy atom. The van der Waals surface area contributed by atoms with Crippen molar-refractivity contribution in [2.45, 2.75) is 26.0 Å². The van der Waals surface area contributed by atoms with Crippen LogP contribution in [0, 0.1) is 6.92 Å². The van der Waals surface area contributed by atoms with Gasteiger partial charge in [0.15, 0.2) is 0 Å². The van der Waals surface area contributed by atoms with Crippen molar-refractivity contribution >= 4 is 17.5 Å². The van der Waals surface area contributed by atoms with Crippen molar-refractivity contribution in [1.29, 1.82) is 0 Å². The van der Waals surface area contributed by atoms with Gasteiger partial charge in [-0.1, -0.05) is 23.7 Å². The summed E-state index contributed by atoms with van der Waals surface area (Å²) in [5.41, 5.74) is 2.02. The second-order valence-electron chi connectivity index (χ2n) is 4.95. The number of benzene rings is 1. The van der Waals surface area contributed by atoms with Crippen LogP contribution in [0.25, 0.3) is 0 Å². The Balaban J connectivity index is 2.03. The van der Waals surface area contributed by atoms with Gasteiger partial charge in [0.1, 0.15) is 0 Å². The Morgan fingerprint density at radius 2 is 1.90 bits per heavy atom. The van der Waals surface area contributed by atoms with Crippen LogP contribution in [0.3, 0.4) is 0 Å². The lowest BCUT2D eigenvalue weighted by Gasteiger charge is -2.20. The second-order valence-corrected chi connectivity index (χ2v) is 5.38. The van der Waals surface area contributed by atoms with Crippen LogP contribution in [0.4, 0.5) is 0 Å². The van der Waals surface area contributed by atoms with E-state index in [1.165, 1.54) is 6.20 Å². The molecule has 2 rings (SSSR count). The molecule has 0 saturated carbocycles. The maximum Gasteiger partial charge on any atom is 0.253 e. The largest absolute Gasteiger partial charge is 0.386 e. The van der Waals surface area contributed by atoms with E-state index in [0.29, 0.717) is 16.1 Å². The number of aliphatic hydroxyl groups is 1. The van der Waals surface area contributed by atoms with Crippen LogP contribution in [0.2, 0.25) is 5.02 Å². The van der Waals surface area contributed by atoms with Crippen LogP contribution in [-0.2, 0) is 0 Å². The predicted octanol–water partition coefficient (Wildman–Crippen LogP) is 2.90. The van der Waals surface area contributed by atoms with Gasteiger partial charge in [0.05, 0.1) is 17.7 Å². The standard InChI is InChI=1S/C16H17ClN2O2/c1-10-3-4-13(9-18-10)16(21)19-11(2)15(20)12-5-7-14(17)8-6-12/h3-9,11,15,20H,1-2H3,(H,19,21). The number of aliphatic hydroxyl groups excluding tert-OH is 1. The lowest BCUT2D eigenvalue weighted by molar-refractivity contribution is 0.0851. The molecule has 1 heterocycles. The van der Waals surface area contributed by atoms with Crippen molar-refractivity contribution in [3.63, 3.8) is 0 Å². The lowest BCUT2D eigenvalue weighted by Crippen LogP contribution is -2.37. The summed E-state index contributed by atoms with van der Waals surface area (Å²) in [6, 6.07) is 9.94. The quantitative estimate of drug-likeness (QED) is 0.913. The smallest absolute Gasteiger partial charge is 0.253 e. The van der Waals surface area contributed by atoms with Gasteiger partial charge < -0.3 is 10.4 Å². The first-order chi connectivity index (χ1) is 9.97. The zero-order valence-corrected chi connectivity index (χ0v) is 12.6. The third-order valence-electron chi connectivity index (χ3n) is 3.22. The first-order valence-electron chi connectivity index (χ1n) is 6.64. The van der Waals surface area contributed by atoms with E-state index >= 15 is 0 Å².